The Kier molecular flexibility index (Phi) is 7.17. The summed E-state index contributed by atoms with van der Waals surface area (Å²) in [6.07, 6.45) is 0. The molecule has 11 rings (SSSR count). The van der Waals surface area contributed by atoms with Gasteiger partial charge in [0.05, 0.1) is 11.1 Å². The molecule has 0 atom stereocenters. The Hall–Kier alpha value is -7.36. The second-order valence-electron chi connectivity index (χ2n) is 14.1. The molecule has 0 aliphatic carbocycles. The Bertz CT molecular complexity index is 3190. The molecule has 2 aromatic heterocycles. The maximum absolute atomic E-state index is 6.66. The molecule has 0 saturated carbocycles. The molecule has 0 aliphatic rings. The molecule has 2 heterocycles. The van der Waals surface area contributed by atoms with Crippen LogP contribution in [0.1, 0.15) is 0 Å². The number of rotatable bonds is 6. The topological polar surface area (TPSA) is 29.5 Å². The van der Waals surface area contributed by atoms with E-state index in [1.807, 2.05) is 12.1 Å². The van der Waals surface area contributed by atoms with Crippen LogP contribution in [0.5, 0.6) is 0 Å². The lowest BCUT2D eigenvalue weighted by Crippen LogP contribution is -2.10. The summed E-state index contributed by atoms with van der Waals surface area (Å²) in [5.41, 5.74) is 13.7. The molecule has 0 N–H and O–H groups in total. The molecule has 0 aliphatic heterocycles. The van der Waals surface area contributed by atoms with Crippen LogP contribution in [0, 0.1) is 0 Å². The fraction of sp³-hybridized carbons (Fsp3) is 0. The van der Waals surface area contributed by atoms with Crippen LogP contribution in [-0.2, 0) is 0 Å². The zero-order valence-corrected chi connectivity index (χ0v) is 29.8. The summed E-state index contributed by atoms with van der Waals surface area (Å²) in [4.78, 5) is 2.33. The number of furan rings is 2. The molecule has 3 heteroatoms. The number of hydrogen-bond donors (Lipinski definition) is 0. The smallest absolute Gasteiger partial charge is 0.143 e. The van der Waals surface area contributed by atoms with Gasteiger partial charge in [0.1, 0.15) is 22.3 Å². The molecule has 0 radical (unpaired) electrons. The fourth-order valence-electron chi connectivity index (χ4n) is 8.26. The summed E-state index contributed by atoms with van der Waals surface area (Å²) in [5.74, 6) is 0. The van der Waals surface area contributed by atoms with Crippen LogP contribution in [0.3, 0.4) is 0 Å². The van der Waals surface area contributed by atoms with E-state index in [4.69, 9.17) is 8.83 Å². The van der Waals surface area contributed by atoms with Crippen molar-refractivity contribution in [1.29, 1.82) is 0 Å². The number of hydrogen-bond acceptors (Lipinski definition) is 3. The Balaban J connectivity index is 1.08. The number of fused-ring (bicyclic) bond motifs is 8. The van der Waals surface area contributed by atoms with Gasteiger partial charge in [-0.2, -0.15) is 0 Å². The lowest BCUT2D eigenvalue weighted by atomic mass is 9.91. The molecule has 0 unspecified atom stereocenters. The summed E-state index contributed by atoms with van der Waals surface area (Å²) >= 11 is 0. The standard InChI is InChI=1S/C52H33NO2/c1-3-12-35(13-4-1)41-29-25-38(32-46(41)36-14-5-2-6-15-36)34-22-26-39(27-23-34)53(40-28-31-44-43-18-9-10-20-48(43)54-50(44)33-40)47-19-11-21-49-51(47)45-30-24-37-16-7-8-17-42(37)52(45)55-49/h1-33H. The molecule has 0 bridgehead atoms. The van der Waals surface area contributed by atoms with Crippen LogP contribution in [0.4, 0.5) is 17.1 Å². The maximum atomic E-state index is 6.66. The van der Waals surface area contributed by atoms with Gasteiger partial charge in [0.25, 0.3) is 0 Å². The van der Waals surface area contributed by atoms with Gasteiger partial charge >= 0.3 is 0 Å². The summed E-state index contributed by atoms with van der Waals surface area (Å²) in [5, 5.41) is 6.63. The minimum Gasteiger partial charge on any atom is -0.456 e. The number of anilines is 3. The molecule has 0 amide bonds. The second kappa shape index (κ2) is 12.6. The Labute approximate surface area is 317 Å². The fourth-order valence-corrected chi connectivity index (χ4v) is 8.26. The van der Waals surface area contributed by atoms with Crippen molar-refractivity contribution >= 4 is 71.7 Å². The van der Waals surface area contributed by atoms with Gasteiger partial charge in [0, 0.05) is 39.0 Å². The zero-order chi connectivity index (χ0) is 36.3. The van der Waals surface area contributed by atoms with E-state index in [9.17, 15) is 0 Å². The van der Waals surface area contributed by atoms with Crippen molar-refractivity contribution in [2.24, 2.45) is 0 Å². The van der Waals surface area contributed by atoms with E-state index in [-0.39, 0.29) is 0 Å². The molecule has 9 aromatic carbocycles. The van der Waals surface area contributed by atoms with E-state index in [0.29, 0.717) is 0 Å². The van der Waals surface area contributed by atoms with Crippen LogP contribution >= 0.6 is 0 Å². The van der Waals surface area contributed by atoms with E-state index in [0.717, 1.165) is 82.8 Å². The Morgan fingerprint density at radius 2 is 0.964 bits per heavy atom. The van der Waals surface area contributed by atoms with Crippen molar-refractivity contribution in [1.82, 2.24) is 0 Å². The third-order valence-corrected chi connectivity index (χ3v) is 10.9. The number of benzene rings is 9. The van der Waals surface area contributed by atoms with Gasteiger partial charge < -0.3 is 13.7 Å². The van der Waals surface area contributed by atoms with Crippen LogP contribution in [0.2, 0.25) is 0 Å². The first-order chi connectivity index (χ1) is 27.3. The van der Waals surface area contributed by atoms with E-state index < -0.39 is 0 Å². The second-order valence-corrected chi connectivity index (χ2v) is 14.1. The van der Waals surface area contributed by atoms with E-state index in [1.165, 1.54) is 22.3 Å². The molecule has 258 valence electrons. The van der Waals surface area contributed by atoms with E-state index >= 15 is 0 Å². The SMILES string of the molecule is c1ccc(-c2ccc(-c3ccc(N(c4ccc5c(c4)oc4ccccc45)c4cccc5oc6c7ccccc7ccc6c45)cc3)cc2-c2ccccc2)cc1. The molecule has 0 fully saturated rings. The lowest BCUT2D eigenvalue weighted by molar-refractivity contribution is 0.669. The van der Waals surface area contributed by atoms with Crippen molar-refractivity contribution in [3.63, 3.8) is 0 Å². The molecule has 3 nitrogen and oxygen atoms in total. The Morgan fingerprint density at radius 3 is 1.78 bits per heavy atom. The van der Waals surface area contributed by atoms with Crippen molar-refractivity contribution < 1.29 is 8.83 Å². The number of nitrogens with zero attached hydrogens (tertiary/aromatic N) is 1. The van der Waals surface area contributed by atoms with Gasteiger partial charge in [-0.1, -0.05) is 140 Å². The van der Waals surface area contributed by atoms with Crippen molar-refractivity contribution in [2.45, 2.75) is 0 Å². The molecule has 0 saturated heterocycles. The van der Waals surface area contributed by atoms with Gasteiger partial charge in [-0.25, -0.2) is 0 Å². The highest BCUT2D eigenvalue weighted by Gasteiger charge is 2.22. The molecular formula is C52H33NO2. The van der Waals surface area contributed by atoms with Crippen molar-refractivity contribution in [3.8, 4) is 33.4 Å². The van der Waals surface area contributed by atoms with Gasteiger partial charge in [0.15, 0.2) is 0 Å². The molecule has 55 heavy (non-hydrogen) atoms. The van der Waals surface area contributed by atoms with E-state index in [1.54, 1.807) is 0 Å². The first-order valence-electron chi connectivity index (χ1n) is 18.7. The third kappa shape index (κ3) is 5.20. The quantitative estimate of drug-likeness (QED) is 0.173. The summed E-state index contributed by atoms with van der Waals surface area (Å²) < 4.78 is 13.1. The third-order valence-electron chi connectivity index (χ3n) is 10.9. The predicted molar refractivity (Wildman–Crippen MR) is 229 cm³/mol. The molecule has 11 aromatic rings. The summed E-state index contributed by atoms with van der Waals surface area (Å²) in [7, 11) is 0. The molecule has 0 spiro atoms. The minimum absolute atomic E-state index is 0.849. The highest BCUT2D eigenvalue weighted by atomic mass is 16.3. The summed E-state index contributed by atoms with van der Waals surface area (Å²) in [6, 6.07) is 70.9. The summed E-state index contributed by atoms with van der Waals surface area (Å²) in [6.45, 7) is 0. The van der Waals surface area contributed by atoms with Crippen molar-refractivity contribution in [3.05, 3.63) is 200 Å². The average molecular weight is 704 g/mol. The van der Waals surface area contributed by atoms with Crippen LogP contribution in [0.25, 0.3) is 88.0 Å². The zero-order valence-electron chi connectivity index (χ0n) is 29.8. The van der Waals surface area contributed by atoms with Gasteiger partial charge in [-0.15, -0.1) is 0 Å². The maximum Gasteiger partial charge on any atom is 0.143 e. The van der Waals surface area contributed by atoms with Gasteiger partial charge in [0.2, 0.25) is 0 Å². The normalized spacial score (nSPS) is 11.6. The first kappa shape index (κ1) is 31.2. The van der Waals surface area contributed by atoms with Gasteiger partial charge in [-0.05, 0) is 93.4 Å². The highest BCUT2D eigenvalue weighted by Crippen LogP contribution is 2.46. The van der Waals surface area contributed by atoms with E-state index in [2.05, 4.69) is 193 Å². The lowest BCUT2D eigenvalue weighted by Gasteiger charge is -2.26. The minimum atomic E-state index is 0.849. The highest BCUT2D eigenvalue weighted by molar-refractivity contribution is 6.19. The predicted octanol–water partition coefficient (Wildman–Crippen LogP) is 15.1. The Morgan fingerprint density at radius 1 is 0.327 bits per heavy atom. The first-order valence-corrected chi connectivity index (χ1v) is 18.7. The largest absolute Gasteiger partial charge is 0.456 e. The van der Waals surface area contributed by atoms with Gasteiger partial charge in [-0.3, -0.25) is 0 Å². The average Bonchev–Trinajstić information content (AvgIpc) is 3.83. The van der Waals surface area contributed by atoms with Crippen molar-refractivity contribution in [2.75, 3.05) is 4.90 Å². The van der Waals surface area contributed by atoms with Crippen LogP contribution < -0.4 is 4.90 Å². The van der Waals surface area contributed by atoms with Crippen LogP contribution in [0.15, 0.2) is 209 Å². The van der Waals surface area contributed by atoms with Crippen LogP contribution in [-0.4, -0.2) is 0 Å². The molecular weight excluding hydrogens is 671 g/mol. The number of para-hydroxylation sites is 1. The monoisotopic (exact) mass is 703 g/mol.